The molecule has 0 spiro atoms. The minimum Gasteiger partial charge on any atom is -0.372 e. The molecule has 1 heterocycles. The van der Waals surface area contributed by atoms with Gasteiger partial charge in [0.2, 0.25) is 5.91 Å². The second-order valence-corrected chi connectivity index (χ2v) is 5.81. The third-order valence-electron chi connectivity index (χ3n) is 2.68. The second-order valence-electron chi connectivity index (χ2n) is 5.81. The van der Waals surface area contributed by atoms with Gasteiger partial charge in [0.05, 0.1) is 6.04 Å². The predicted molar refractivity (Wildman–Crippen MR) is 75.7 cm³/mol. The number of aromatic nitrogens is 1. The topological polar surface area (TPSA) is 51.2 Å². The number of hydrogen-bond acceptors (Lipinski definition) is 3. The Bertz CT molecular complexity index is 385. The standard InChI is InChI=1S/C15H24N2O2/c1-5-19-11-14(18)17-13(9-15(2,3)4)12-7-6-8-16-10-12/h6-8,10,13H,5,9,11H2,1-4H3,(H,17,18)/t13-/m0/s1. The van der Waals surface area contributed by atoms with Crippen LogP contribution in [0.5, 0.6) is 0 Å². The number of nitrogens with one attached hydrogen (secondary N) is 1. The Labute approximate surface area is 115 Å². The van der Waals surface area contributed by atoms with Gasteiger partial charge in [0.15, 0.2) is 0 Å². The zero-order chi connectivity index (χ0) is 14.3. The molecule has 1 N–H and O–H groups in total. The summed E-state index contributed by atoms with van der Waals surface area (Å²) in [5.41, 5.74) is 1.15. The molecule has 0 aliphatic rings. The normalized spacial score (nSPS) is 13.1. The van der Waals surface area contributed by atoms with E-state index < -0.39 is 0 Å². The van der Waals surface area contributed by atoms with E-state index >= 15 is 0 Å². The number of nitrogens with zero attached hydrogens (tertiary/aromatic N) is 1. The zero-order valence-electron chi connectivity index (χ0n) is 12.3. The molecule has 1 atom stereocenters. The first kappa shape index (κ1) is 15.6. The van der Waals surface area contributed by atoms with Gasteiger partial charge in [-0.3, -0.25) is 9.78 Å². The maximum atomic E-state index is 11.8. The van der Waals surface area contributed by atoms with Gasteiger partial charge in [-0.1, -0.05) is 26.8 Å². The van der Waals surface area contributed by atoms with Crippen LogP contribution in [0.1, 0.15) is 45.7 Å². The van der Waals surface area contributed by atoms with Gasteiger partial charge >= 0.3 is 0 Å². The fraction of sp³-hybridized carbons (Fsp3) is 0.600. The van der Waals surface area contributed by atoms with Crippen molar-refractivity contribution in [1.82, 2.24) is 10.3 Å². The molecule has 0 aromatic carbocycles. The quantitative estimate of drug-likeness (QED) is 0.859. The maximum absolute atomic E-state index is 11.8. The molecule has 1 aromatic rings. The summed E-state index contributed by atoms with van der Waals surface area (Å²) in [6.45, 7) is 9.00. The van der Waals surface area contributed by atoms with Crippen LogP contribution in [0.25, 0.3) is 0 Å². The molecule has 0 unspecified atom stereocenters. The van der Waals surface area contributed by atoms with Crippen LogP contribution in [0, 0.1) is 5.41 Å². The Kier molecular flexibility index (Phi) is 5.96. The van der Waals surface area contributed by atoms with Gasteiger partial charge in [-0.15, -0.1) is 0 Å². The molecule has 0 aliphatic carbocycles. The summed E-state index contributed by atoms with van der Waals surface area (Å²) in [6, 6.07) is 3.85. The van der Waals surface area contributed by atoms with Crippen molar-refractivity contribution in [2.24, 2.45) is 5.41 Å². The van der Waals surface area contributed by atoms with Crippen LogP contribution in [0.4, 0.5) is 0 Å². The number of ether oxygens (including phenoxy) is 1. The highest BCUT2D eigenvalue weighted by Gasteiger charge is 2.22. The van der Waals surface area contributed by atoms with E-state index in [2.05, 4.69) is 31.1 Å². The maximum Gasteiger partial charge on any atom is 0.246 e. The molecule has 1 aromatic heterocycles. The molecule has 0 saturated heterocycles. The fourth-order valence-corrected chi connectivity index (χ4v) is 1.88. The van der Waals surface area contributed by atoms with Crippen LogP contribution < -0.4 is 5.32 Å². The molecular formula is C15H24N2O2. The fourth-order valence-electron chi connectivity index (χ4n) is 1.88. The van der Waals surface area contributed by atoms with E-state index in [1.807, 2.05) is 19.1 Å². The van der Waals surface area contributed by atoms with Gasteiger partial charge in [0.25, 0.3) is 0 Å². The van der Waals surface area contributed by atoms with Gasteiger partial charge in [0, 0.05) is 19.0 Å². The van der Waals surface area contributed by atoms with Crippen LogP contribution in [-0.2, 0) is 9.53 Å². The number of pyridine rings is 1. The van der Waals surface area contributed by atoms with Crippen molar-refractivity contribution >= 4 is 5.91 Å². The van der Waals surface area contributed by atoms with Crippen molar-refractivity contribution in [3.63, 3.8) is 0 Å². The van der Waals surface area contributed by atoms with Crippen LogP contribution in [0.2, 0.25) is 0 Å². The first-order valence-electron chi connectivity index (χ1n) is 6.69. The van der Waals surface area contributed by atoms with E-state index in [0.29, 0.717) is 6.61 Å². The third kappa shape index (κ3) is 6.34. The lowest BCUT2D eigenvalue weighted by Gasteiger charge is -2.27. The molecule has 19 heavy (non-hydrogen) atoms. The van der Waals surface area contributed by atoms with Crippen molar-refractivity contribution in [2.45, 2.75) is 40.2 Å². The third-order valence-corrected chi connectivity index (χ3v) is 2.68. The molecule has 0 saturated carbocycles. The largest absolute Gasteiger partial charge is 0.372 e. The van der Waals surface area contributed by atoms with Crippen LogP contribution >= 0.6 is 0 Å². The molecule has 4 nitrogen and oxygen atoms in total. The molecule has 0 aliphatic heterocycles. The minimum atomic E-state index is -0.0834. The second kappa shape index (κ2) is 7.24. The van der Waals surface area contributed by atoms with Crippen LogP contribution in [0.15, 0.2) is 24.5 Å². The molecule has 1 amide bonds. The van der Waals surface area contributed by atoms with E-state index in [4.69, 9.17) is 4.74 Å². The Hall–Kier alpha value is -1.42. The van der Waals surface area contributed by atoms with Crippen LogP contribution in [-0.4, -0.2) is 24.1 Å². The predicted octanol–water partition coefficient (Wildman–Crippen LogP) is 2.71. The summed E-state index contributed by atoms with van der Waals surface area (Å²) < 4.78 is 5.13. The average molecular weight is 264 g/mol. The highest BCUT2D eigenvalue weighted by molar-refractivity contribution is 5.77. The van der Waals surface area contributed by atoms with E-state index in [1.165, 1.54) is 0 Å². The lowest BCUT2D eigenvalue weighted by molar-refractivity contribution is -0.126. The highest BCUT2D eigenvalue weighted by Crippen LogP contribution is 2.28. The first-order chi connectivity index (χ1) is 8.92. The average Bonchev–Trinajstić information content (AvgIpc) is 2.35. The van der Waals surface area contributed by atoms with Crippen LogP contribution in [0.3, 0.4) is 0 Å². The minimum absolute atomic E-state index is 0.0262. The first-order valence-corrected chi connectivity index (χ1v) is 6.69. The Morgan fingerprint density at radius 2 is 2.21 bits per heavy atom. The van der Waals surface area contributed by atoms with Gasteiger partial charge < -0.3 is 10.1 Å². The van der Waals surface area contributed by atoms with E-state index in [9.17, 15) is 4.79 Å². The van der Waals surface area contributed by atoms with E-state index in [1.54, 1.807) is 12.4 Å². The zero-order valence-corrected chi connectivity index (χ0v) is 12.3. The molecule has 0 fully saturated rings. The Morgan fingerprint density at radius 3 is 2.74 bits per heavy atom. The molecular weight excluding hydrogens is 240 g/mol. The lowest BCUT2D eigenvalue weighted by Crippen LogP contribution is -2.33. The Morgan fingerprint density at radius 1 is 1.47 bits per heavy atom. The lowest BCUT2D eigenvalue weighted by atomic mass is 9.86. The summed E-state index contributed by atoms with van der Waals surface area (Å²) >= 11 is 0. The van der Waals surface area contributed by atoms with E-state index in [-0.39, 0.29) is 24.0 Å². The van der Waals surface area contributed by atoms with E-state index in [0.717, 1.165) is 12.0 Å². The summed E-state index contributed by atoms with van der Waals surface area (Å²) in [7, 11) is 0. The highest BCUT2D eigenvalue weighted by atomic mass is 16.5. The summed E-state index contributed by atoms with van der Waals surface area (Å²) in [5.74, 6) is -0.0834. The van der Waals surface area contributed by atoms with Crippen molar-refractivity contribution < 1.29 is 9.53 Å². The number of carbonyl (C=O) groups is 1. The number of amides is 1. The molecule has 1 rings (SSSR count). The molecule has 4 heteroatoms. The van der Waals surface area contributed by atoms with Crippen molar-refractivity contribution in [3.8, 4) is 0 Å². The smallest absolute Gasteiger partial charge is 0.246 e. The number of hydrogen-bond donors (Lipinski definition) is 1. The summed E-state index contributed by atoms with van der Waals surface area (Å²) in [5, 5.41) is 3.02. The molecule has 0 radical (unpaired) electrons. The van der Waals surface area contributed by atoms with Crippen molar-refractivity contribution in [2.75, 3.05) is 13.2 Å². The molecule has 0 bridgehead atoms. The van der Waals surface area contributed by atoms with Crippen molar-refractivity contribution in [1.29, 1.82) is 0 Å². The monoisotopic (exact) mass is 264 g/mol. The number of rotatable bonds is 6. The summed E-state index contributed by atoms with van der Waals surface area (Å²) in [6.07, 6.45) is 4.40. The van der Waals surface area contributed by atoms with Gasteiger partial charge in [-0.25, -0.2) is 0 Å². The summed E-state index contributed by atoms with van der Waals surface area (Å²) in [4.78, 5) is 15.9. The SMILES string of the molecule is CCOCC(=O)N[C@@H](CC(C)(C)C)c1cccnc1. The van der Waals surface area contributed by atoms with Crippen molar-refractivity contribution in [3.05, 3.63) is 30.1 Å². The Balaban J connectivity index is 2.73. The molecule has 106 valence electrons. The van der Waals surface area contributed by atoms with Gasteiger partial charge in [-0.2, -0.15) is 0 Å². The number of carbonyl (C=O) groups excluding carboxylic acids is 1. The van der Waals surface area contributed by atoms with Gasteiger partial charge in [-0.05, 0) is 30.4 Å². The van der Waals surface area contributed by atoms with Gasteiger partial charge in [0.1, 0.15) is 6.61 Å².